The fraction of sp³-hybridized carbons (Fsp3) is 0.158. The summed E-state index contributed by atoms with van der Waals surface area (Å²) in [6.07, 6.45) is 5.44. The van der Waals surface area contributed by atoms with Gasteiger partial charge < -0.3 is 9.84 Å². The Hall–Kier alpha value is -3.48. The highest BCUT2D eigenvalue weighted by molar-refractivity contribution is 5.86. The minimum atomic E-state index is -0.116. The van der Waals surface area contributed by atoms with Gasteiger partial charge in [0.15, 0.2) is 5.58 Å². The van der Waals surface area contributed by atoms with Crippen LogP contribution >= 0.6 is 0 Å². The van der Waals surface area contributed by atoms with Crippen LogP contribution in [0.3, 0.4) is 0 Å². The minimum Gasteiger partial charge on any atom is -0.356 e. The largest absolute Gasteiger partial charge is 0.356 e. The lowest BCUT2D eigenvalue weighted by atomic mass is 10.1. The Bertz CT molecular complexity index is 1070. The Kier molecular flexibility index (Phi) is 4.18. The van der Waals surface area contributed by atoms with Gasteiger partial charge in [0, 0.05) is 43.1 Å². The molecule has 7 nitrogen and oxygen atoms in total. The molecule has 0 bridgehead atoms. The van der Waals surface area contributed by atoms with Gasteiger partial charge in [-0.2, -0.15) is 5.10 Å². The molecule has 0 saturated heterocycles. The third kappa shape index (κ3) is 3.19. The van der Waals surface area contributed by atoms with Crippen molar-refractivity contribution >= 4 is 16.9 Å². The van der Waals surface area contributed by atoms with Gasteiger partial charge >= 0.3 is 0 Å². The van der Waals surface area contributed by atoms with E-state index in [0.717, 1.165) is 22.2 Å². The molecule has 0 radical (unpaired) electrons. The van der Waals surface area contributed by atoms with Crippen molar-refractivity contribution in [1.29, 1.82) is 0 Å². The van der Waals surface area contributed by atoms with E-state index in [4.69, 9.17) is 4.52 Å². The van der Waals surface area contributed by atoms with Crippen molar-refractivity contribution in [3.05, 3.63) is 66.2 Å². The number of nitrogens with zero attached hydrogens (tertiary/aromatic N) is 4. The summed E-state index contributed by atoms with van der Waals surface area (Å²) < 4.78 is 7.02. The van der Waals surface area contributed by atoms with Crippen LogP contribution in [0.25, 0.3) is 22.2 Å². The van der Waals surface area contributed by atoms with Crippen LogP contribution in [-0.2, 0) is 24.8 Å². The van der Waals surface area contributed by atoms with Crippen molar-refractivity contribution in [2.75, 3.05) is 0 Å². The molecule has 0 aliphatic heterocycles. The predicted molar refractivity (Wildman–Crippen MR) is 96.0 cm³/mol. The molecule has 0 unspecified atom stereocenters. The van der Waals surface area contributed by atoms with Gasteiger partial charge in [-0.25, -0.2) is 0 Å². The first-order valence-electron chi connectivity index (χ1n) is 8.23. The van der Waals surface area contributed by atoms with Crippen LogP contribution in [0.5, 0.6) is 0 Å². The van der Waals surface area contributed by atoms with E-state index in [1.807, 2.05) is 43.4 Å². The van der Waals surface area contributed by atoms with Gasteiger partial charge in [0.05, 0.1) is 12.1 Å². The second-order valence-corrected chi connectivity index (χ2v) is 6.00. The highest BCUT2D eigenvalue weighted by Gasteiger charge is 2.12. The highest BCUT2D eigenvalue weighted by atomic mass is 16.5. The summed E-state index contributed by atoms with van der Waals surface area (Å²) in [7, 11) is 1.88. The summed E-state index contributed by atoms with van der Waals surface area (Å²) in [4.78, 5) is 16.5. The number of carbonyl (C=O) groups is 1. The van der Waals surface area contributed by atoms with E-state index in [1.165, 1.54) is 0 Å². The number of fused-ring (bicyclic) bond motifs is 1. The Balaban J connectivity index is 1.42. The van der Waals surface area contributed by atoms with Crippen LogP contribution in [0.15, 0.2) is 59.5 Å². The van der Waals surface area contributed by atoms with Crippen LogP contribution in [0.2, 0.25) is 0 Å². The molecule has 1 aromatic carbocycles. The molecule has 1 amide bonds. The van der Waals surface area contributed by atoms with E-state index in [2.05, 4.69) is 20.6 Å². The van der Waals surface area contributed by atoms with Crippen LogP contribution in [0, 0.1) is 0 Å². The third-order valence-electron chi connectivity index (χ3n) is 4.18. The summed E-state index contributed by atoms with van der Waals surface area (Å²) in [5.74, 6) is -0.116. The average molecular weight is 347 g/mol. The molecule has 0 aliphatic rings. The maximum atomic E-state index is 12.3. The number of amides is 1. The first-order valence-corrected chi connectivity index (χ1v) is 8.23. The molecule has 0 aliphatic carbocycles. The van der Waals surface area contributed by atoms with E-state index in [1.54, 1.807) is 23.3 Å². The molecular weight excluding hydrogens is 330 g/mol. The Morgan fingerprint density at radius 2 is 2.12 bits per heavy atom. The summed E-state index contributed by atoms with van der Waals surface area (Å²) in [5, 5.41) is 11.9. The van der Waals surface area contributed by atoms with Gasteiger partial charge in [0.1, 0.15) is 5.69 Å². The first kappa shape index (κ1) is 16.0. The quantitative estimate of drug-likeness (QED) is 0.599. The van der Waals surface area contributed by atoms with Crippen LogP contribution < -0.4 is 5.32 Å². The van der Waals surface area contributed by atoms with Crippen molar-refractivity contribution in [1.82, 2.24) is 25.2 Å². The van der Waals surface area contributed by atoms with E-state index >= 15 is 0 Å². The number of carbonyl (C=O) groups excluding carboxylic acids is 1. The molecule has 0 atom stereocenters. The molecule has 4 aromatic rings. The van der Waals surface area contributed by atoms with Crippen LogP contribution in [0.1, 0.15) is 11.3 Å². The molecule has 0 spiro atoms. The molecule has 0 saturated carbocycles. The molecule has 7 heteroatoms. The lowest BCUT2D eigenvalue weighted by molar-refractivity contribution is -0.120. The molecule has 26 heavy (non-hydrogen) atoms. The molecule has 1 N–H and O–H groups in total. The fourth-order valence-electron chi connectivity index (χ4n) is 2.86. The van der Waals surface area contributed by atoms with E-state index < -0.39 is 0 Å². The van der Waals surface area contributed by atoms with E-state index in [9.17, 15) is 4.79 Å². The second-order valence-electron chi connectivity index (χ2n) is 6.00. The zero-order valence-electron chi connectivity index (χ0n) is 14.2. The number of benzene rings is 1. The van der Waals surface area contributed by atoms with Crippen molar-refractivity contribution in [3.8, 4) is 11.3 Å². The molecule has 4 rings (SSSR count). The van der Waals surface area contributed by atoms with Gasteiger partial charge in [0.25, 0.3) is 0 Å². The number of aryl methyl sites for hydroxylation is 1. The third-order valence-corrected chi connectivity index (χ3v) is 4.18. The number of nitrogens with one attached hydrogen (secondary N) is 1. The number of pyridine rings is 1. The average Bonchev–Trinajstić information content (AvgIpc) is 3.27. The van der Waals surface area contributed by atoms with Gasteiger partial charge in [-0.1, -0.05) is 17.3 Å². The summed E-state index contributed by atoms with van der Waals surface area (Å²) in [6, 6.07) is 11.4. The normalized spacial score (nSPS) is 11.0. The molecule has 3 aromatic heterocycles. The van der Waals surface area contributed by atoms with E-state index in [-0.39, 0.29) is 12.3 Å². The number of aromatic nitrogens is 4. The number of hydrogen-bond donors (Lipinski definition) is 1. The smallest absolute Gasteiger partial charge is 0.226 e. The predicted octanol–water partition coefficient (Wildman–Crippen LogP) is 2.48. The molecule has 0 fully saturated rings. The summed E-state index contributed by atoms with van der Waals surface area (Å²) >= 11 is 0. The number of rotatable bonds is 5. The monoisotopic (exact) mass is 347 g/mol. The maximum absolute atomic E-state index is 12.3. The molecule has 130 valence electrons. The van der Waals surface area contributed by atoms with Gasteiger partial charge in [-0.15, -0.1) is 0 Å². The van der Waals surface area contributed by atoms with Crippen molar-refractivity contribution in [3.63, 3.8) is 0 Å². The van der Waals surface area contributed by atoms with Crippen LogP contribution in [0.4, 0.5) is 0 Å². The van der Waals surface area contributed by atoms with Gasteiger partial charge in [-0.05, 0) is 29.8 Å². The van der Waals surface area contributed by atoms with Crippen LogP contribution in [-0.4, -0.2) is 25.8 Å². The molecule has 3 heterocycles. The molecular formula is C19H17N5O2. The Morgan fingerprint density at radius 3 is 2.96 bits per heavy atom. The van der Waals surface area contributed by atoms with Crippen molar-refractivity contribution in [2.45, 2.75) is 13.0 Å². The van der Waals surface area contributed by atoms with Gasteiger partial charge in [0.2, 0.25) is 5.91 Å². The second kappa shape index (κ2) is 6.79. The maximum Gasteiger partial charge on any atom is 0.226 e. The van der Waals surface area contributed by atoms with Crippen molar-refractivity contribution in [2.24, 2.45) is 7.05 Å². The fourth-order valence-corrected chi connectivity index (χ4v) is 2.86. The summed E-state index contributed by atoms with van der Waals surface area (Å²) in [5.41, 5.74) is 4.17. The lowest BCUT2D eigenvalue weighted by Gasteiger charge is -2.07. The van der Waals surface area contributed by atoms with Crippen molar-refractivity contribution < 1.29 is 9.32 Å². The number of hydrogen-bond acceptors (Lipinski definition) is 5. The minimum absolute atomic E-state index is 0.116. The SMILES string of the molecule is Cn1nccc1-c1cncc(CNC(=O)Cc2noc3ccccc23)c1. The first-order chi connectivity index (χ1) is 12.7. The lowest BCUT2D eigenvalue weighted by Crippen LogP contribution is -2.24. The highest BCUT2D eigenvalue weighted by Crippen LogP contribution is 2.19. The number of para-hydroxylation sites is 1. The Labute approximate surface area is 149 Å². The topological polar surface area (TPSA) is 85.8 Å². The van der Waals surface area contributed by atoms with Gasteiger partial charge in [-0.3, -0.25) is 14.5 Å². The Morgan fingerprint density at radius 1 is 1.23 bits per heavy atom. The zero-order chi connectivity index (χ0) is 17.9. The van der Waals surface area contributed by atoms with E-state index in [0.29, 0.717) is 17.8 Å². The zero-order valence-corrected chi connectivity index (χ0v) is 14.2. The standard InChI is InChI=1S/C19H17N5O2/c1-24-17(6-7-22-24)14-8-13(10-20-12-14)11-21-19(25)9-16-15-4-2-3-5-18(15)26-23-16/h2-8,10,12H,9,11H2,1H3,(H,21,25). The summed E-state index contributed by atoms with van der Waals surface area (Å²) in [6.45, 7) is 0.396.